The average molecular weight is 328 g/mol. The fraction of sp³-hybridized carbons (Fsp3) is 0.250. The summed E-state index contributed by atoms with van der Waals surface area (Å²) in [4.78, 5) is 4.27. The third-order valence-corrected chi connectivity index (χ3v) is 3.92. The summed E-state index contributed by atoms with van der Waals surface area (Å²) in [5.41, 5.74) is 1.26. The molecular weight excluding hydrogens is 309 g/mol. The summed E-state index contributed by atoms with van der Waals surface area (Å²) in [5, 5.41) is 0. The summed E-state index contributed by atoms with van der Waals surface area (Å²) in [5.74, 6) is -0.0569. The molecule has 0 fully saturated rings. The lowest BCUT2D eigenvalue weighted by atomic mass is 10.2. The number of hydrogen-bond acceptors (Lipinski definition) is 3. The molecule has 2 aromatic carbocycles. The molecule has 21 heavy (non-hydrogen) atoms. The first kappa shape index (κ1) is 17.8. The molecule has 0 radical (unpaired) electrons. The Bertz CT molecular complexity index is 592. The van der Waals surface area contributed by atoms with Gasteiger partial charge in [0.1, 0.15) is 0 Å². The van der Waals surface area contributed by atoms with Gasteiger partial charge >= 0.3 is 0 Å². The SMILES string of the molecule is COc1cc(Sc2ccccc2CN(C)C)ccc1F.Cl. The van der Waals surface area contributed by atoms with Crippen LogP contribution in [0.5, 0.6) is 5.75 Å². The zero-order valence-corrected chi connectivity index (χ0v) is 13.9. The van der Waals surface area contributed by atoms with E-state index in [1.54, 1.807) is 23.9 Å². The predicted octanol–water partition coefficient (Wildman–Crippen LogP) is 4.47. The lowest BCUT2D eigenvalue weighted by Gasteiger charge is -2.14. The van der Waals surface area contributed by atoms with Crippen LogP contribution in [0, 0.1) is 5.82 Å². The molecule has 0 saturated carbocycles. The molecule has 0 heterocycles. The maximum Gasteiger partial charge on any atom is 0.165 e. The maximum absolute atomic E-state index is 13.4. The van der Waals surface area contributed by atoms with Crippen molar-refractivity contribution in [2.75, 3.05) is 21.2 Å². The van der Waals surface area contributed by atoms with Crippen LogP contribution in [-0.4, -0.2) is 26.1 Å². The molecule has 2 rings (SSSR count). The van der Waals surface area contributed by atoms with E-state index in [1.807, 2.05) is 26.2 Å². The number of nitrogens with zero attached hydrogens (tertiary/aromatic N) is 1. The second-order valence-electron chi connectivity index (χ2n) is 4.74. The Labute approximate surface area is 135 Å². The van der Waals surface area contributed by atoms with E-state index < -0.39 is 0 Å². The van der Waals surface area contributed by atoms with Crippen LogP contribution in [-0.2, 0) is 6.54 Å². The van der Waals surface area contributed by atoms with Crippen molar-refractivity contribution in [3.63, 3.8) is 0 Å². The van der Waals surface area contributed by atoms with Gasteiger partial charge in [-0.25, -0.2) is 4.39 Å². The highest BCUT2D eigenvalue weighted by Crippen LogP contribution is 2.33. The molecule has 0 aliphatic rings. The Kier molecular flexibility index (Phi) is 7.02. The summed E-state index contributed by atoms with van der Waals surface area (Å²) >= 11 is 1.62. The van der Waals surface area contributed by atoms with Crippen LogP contribution in [0.1, 0.15) is 5.56 Å². The van der Waals surface area contributed by atoms with Crippen molar-refractivity contribution in [1.82, 2.24) is 4.90 Å². The third kappa shape index (κ3) is 4.92. The molecule has 0 aromatic heterocycles. The van der Waals surface area contributed by atoms with Crippen LogP contribution >= 0.6 is 24.2 Å². The van der Waals surface area contributed by atoms with Gasteiger partial charge in [0.25, 0.3) is 0 Å². The lowest BCUT2D eigenvalue weighted by molar-refractivity contribution is 0.385. The zero-order valence-electron chi connectivity index (χ0n) is 12.3. The van der Waals surface area contributed by atoms with Crippen molar-refractivity contribution < 1.29 is 9.13 Å². The standard InChI is InChI=1S/C16H18FNOS.ClH/c1-18(2)11-12-6-4-5-7-16(12)20-13-8-9-14(17)15(10-13)19-3;/h4-10H,11H2,1-3H3;1H. The number of benzene rings is 2. The number of ether oxygens (including phenoxy) is 1. The van der Waals surface area contributed by atoms with Crippen molar-refractivity contribution in [3.05, 3.63) is 53.8 Å². The van der Waals surface area contributed by atoms with Gasteiger partial charge in [0.2, 0.25) is 0 Å². The molecule has 114 valence electrons. The molecular formula is C16H19ClFNOS. The van der Waals surface area contributed by atoms with Crippen molar-refractivity contribution in [2.45, 2.75) is 16.3 Å². The van der Waals surface area contributed by atoms with E-state index in [-0.39, 0.29) is 24.0 Å². The highest BCUT2D eigenvalue weighted by molar-refractivity contribution is 7.99. The van der Waals surface area contributed by atoms with Crippen molar-refractivity contribution >= 4 is 24.2 Å². The first-order valence-electron chi connectivity index (χ1n) is 6.34. The fourth-order valence-corrected chi connectivity index (χ4v) is 2.87. The summed E-state index contributed by atoms with van der Waals surface area (Å²) in [6.45, 7) is 0.876. The summed E-state index contributed by atoms with van der Waals surface area (Å²) in [7, 11) is 5.57. The second-order valence-corrected chi connectivity index (χ2v) is 5.86. The molecule has 0 N–H and O–H groups in total. The van der Waals surface area contributed by atoms with Gasteiger partial charge in [0.05, 0.1) is 7.11 Å². The van der Waals surface area contributed by atoms with E-state index in [0.717, 1.165) is 11.4 Å². The smallest absolute Gasteiger partial charge is 0.165 e. The van der Waals surface area contributed by atoms with Gasteiger partial charge in [-0.05, 0) is 43.9 Å². The summed E-state index contributed by atoms with van der Waals surface area (Å²) in [6, 6.07) is 13.2. The van der Waals surface area contributed by atoms with Gasteiger partial charge in [0, 0.05) is 16.3 Å². The van der Waals surface area contributed by atoms with Crippen LogP contribution < -0.4 is 4.74 Å². The van der Waals surface area contributed by atoms with E-state index in [9.17, 15) is 4.39 Å². The molecule has 2 nitrogen and oxygen atoms in total. The van der Waals surface area contributed by atoms with Gasteiger partial charge in [-0.3, -0.25) is 0 Å². The minimum Gasteiger partial charge on any atom is -0.494 e. The molecule has 2 aromatic rings. The summed E-state index contributed by atoms with van der Waals surface area (Å²) in [6.07, 6.45) is 0. The Morgan fingerprint density at radius 3 is 2.52 bits per heavy atom. The van der Waals surface area contributed by atoms with Gasteiger partial charge in [-0.2, -0.15) is 0 Å². The van der Waals surface area contributed by atoms with Crippen LogP contribution in [0.4, 0.5) is 4.39 Å². The molecule has 0 unspecified atom stereocenters. The van der Waals surface area contributed by atoms with Crippen LogP contribution in [0.15, 0.2) is 52.3 Å². The van der Waals surface area contributed by atoms with Gasteiger partial charge in [-0.15, -0.1) is 12.4 Å². The average Bonchev–Trinajstić information content (AvgIpc) is 2.42. The first-order chi connectivity index (χ1) is 9.60. The van der Waals surface area contributed by atoms with Crippen molar-refractivity contribution in [1.29, 1.82) is 0 Å². The normalized spacial score (nSPS) is 10.3. The molecule has 5 heteroatoms. The molecule has 0 saturated heterocycles. The number of methoxy groups -OCH3 is 1. The molecule has 0 aliphatic carbocycles. The monoisotopic (exact) mass is 327 g/mol. The number of halogens is 2. The highest BCUT2D eigenvalue weighted by Gasteiger charge is 2.08. The Hall–Kier alpha value is -1.23. The van der Waals surface area contributed by atoms with Crippen molar-refractivity contribution in [2.24, 2.45) is 0 Å². The number of rotatable bonds is 5. The molecule has 0 aliphatic heterocycles. The Morgan fingerprint density at radius 2 is 1.86 bits per heavy atom. The topological polar surface area (TPSA) is 12.5 Å². The van der Waals surface area contributed by atoms with E-state index >= 15 is 0 Å². The zero-order chi connectivity index (χ0) is 14.5. The Balaban J connectivity index is 0.00000220. The lowest BCUT2D eigenvalue weighted by Crippen LogP contribution is -2.11. The van der Waals surface area contributed by atoms with E-state index in [2.05, 4.69) is 17.0 Å². The van der Waals surface area contributed by atoms with Gasteiger partial charge in [-0.1, -0.05) is 30.0 Å². The number of hydrogen-bond donors (Lipinski definition) is 0. The van der Waals surface area contributed by atoms with Gasteiger partial charge in [0.15, 0.2) is 11.6 Å². The third-order valence-electron chi connectivity index (χ3n) is 2.81. The van der Waals surface area contributed by atoms with E-state index in [0.29, 0.717) is 0 Å². The molecule has 0 spiro atoms. The summed E-state index contributed by atoms with van der Waals surface area (Å²) < 4.78 is 18.4. The maximum atomic E-state index is 13.4. The first-order valence-corrected chi connectivity index (χ1v) is 7.16. The fourth-order valence-electron chi connectivity index (χ4n) is 1.91. The van der Waals surface area contributed by atoms with E-state index in [4.69, 9.17) is 4.74 Å². The van der Waals surface area contributed by atoms with Crippen LogP contribution in [0.2, 0.25) is 0 Å². The molecule has 0 atom stereocenters. The van der Waals surface area contributed by atoms with Crippen LogP contribution in [0.3, 0.4) is 0 Å². The van der Waals surface area contributed by atoms with Gasteiger partial charge < -0.3 is 9.64 Å². The highest BCUT2D eigenvalue weighted by atomic mass is 35.5. The minimum absolute atomic E-state index is 0. The molecule has 0 amide bonds. The van der Waals surface area contributed by atoms with Crippen LogP contribution in [0.25, 0.3) is 0 Å². The Morgan fingerprint density at radius 1 is 1.14 bits per heavy atom. The minimum atomic E-state index is -0.335. The predicted molar refractivity (Wildman–Crippen MR) is 88.2 cm³/mol. The van der Waals surface area contributed by atoms with E-state index in [1.165, 1.54) is 23.6 Å². The second kappa shape index (κ2) is 8.27. The van der Waals surface area contributed by atoms with Crippen molar-refractivity contribution in [3.8, 4) is 5.75 Å². The molecule has 0 bridgehead atoms. The quantitative estimate of drug-likeness (QED) is 0.804. The largest absolute Gasteiger partial charge is 0.494 e.